The first kappa shape index (κ1) is 14.3. The summed E-state index contributed by atoms with van der Waals surface area (Å²) in [5.41, 5.74) is 6.19. The molecular weight excluding hydrogens is 258 g/mol. The maximum atomic E-state index is 12.5. The molecule has 1 fully saturated rings. The summed E-state index contributed by atoms with van der Waals surface area (Å²) in [7, 11) is 0. The third kappa shape index (κ3) is 2.89. The number of nitrogens with two attached hydrogens (primary N) is 1. The molecule has 2 N–H and O–H groups in total. The lowest BCUT2D eigenvalue weighted by Gasteiger charge is -2.32. The van der Waals surface area contributed by atoms with Crippen molar-refractivity contribution in [2.24, 2.45) is 5.92 Å². The number of nitrogen functional groups attached to an aromatic ring is 1. The van der Waals surface area contributed by atoms with Crippen molar-refractivity contribution in [3.05, 3.63) is 33.9 Å². The van der Waals surface area contributed by atoms with Gasteiger partial charge >= 0.3 is 0 Å². The summed E-state index contributed by atoms with van der Waals surface area (Å²) >= 11 is 0. The van der Waals surface area contributed by atoms with E-state index in [2.05, 4.69) is 0 Å². The second kappa shape index (κ2) is 5.90. The molecule has 20 heavy (non-hydrogen) atoms. The van der Waals surface area contributed by atoms with E-state index < -0.39 is 4.92 Å². The highest BCUT2D eigenvalue weighted by molar-refractivity contribution is 5.99. The van der Waals surface area contributed by atoms with Crippen LogP contribution in [0.5, 0.6) is 0 Å². The molecule has 108 valence electrons. The fraction of sp³-hybridized carbons (Fsp3) is 0.500. The van der Waals surface area contributed by atoms with E-state index in [4.69, 9.17) is 5.73 Å². The minimum Gasteiger partial charge on any atom is -0.398 e. The maximum Gasteiger partial charge on any atom is 0.270 e. The number of anilines is 1. The van der Waals surface area contributed by atoms with Crippen LogP contribution >= 0.6 is 0 Å². The van der Waals surface area contributed by atoms with E-state index in [0.717, 1.165) is 12.8 Å². The molecule has 1 saturated carbocycles. The third-order valence-corrected chi connectivity index (χ3v) is 3.85. The van der Waals surface area contributed by atoms with Crippen molar-refractivity contribution in [3.63, 3.8) is 0 Å². The standard InChI is InChI=1S/C14H19N3O3/c1-2-16(9-10-4-3-5-10)14(18)12-8-11(17(19)20)6-7-13(12)15/h6-8,10H,2-5,9,15H2,1H3. The summed E-state index contributed by atoms with van der Waals surface area (Å²) in [5, 5.41) is 10.8. The van der Waals surface area contributed by atoms with E-state index in [1.165, 1.54) is 24.6 Å². The van der Waals surface area contributed by atoms with Crippen LogP contribution in [0.4, 0.5) is 11.4 Å². The largest absolute Gasteiger partial charge is 0.398 e. The molecular formula is C14H19N3O3. The zero-order chi connectivity index (χ0) is 14.7. The van der Waals surface area contributed by atoms with Crippen LogP contribution in [0, 0.1) is 16.0 Å². The zero-order valence-electron chi connectivity index (χ0n) is 11.5. The van der Waals surface area contributed by atoms with Crippen LogP contribution in [0.2, 0.25) is 0 Å². The quantitative estimate of drug-likeness (QED) is 0.508. The van der Waals surface area contributed by atoms with Gasteiger partial charge in [-0.25, -0.2) is 0 Å². The molecule has 1 aromatic rings. The Balaban J connectivity index is 2.21. The van der Waals surface area contributed by atoms with E-state index in [1.54, 1.807) is 4.90 Å². The van der Waals surface area contributed by atoms with Gasteiger partial charge in [-0.3, -0.25) is 14.9 Å². The van der Waals surface area contributed by atoms with Crippen molar-refractivity contribution in [1.82, 2.24) is 4.90 Å². The number of amides is 1. The number of carbonyl (C=O) groups is 1. The van der Waals surface area contributed by atoms with E-state index in [1.807, 2.05) is 6.92 Å². The van der Waals surface area contributed by atoms with E-state index in [9.17, 15) is 14.9 Å². The van der Waals surface area contributed by atoms with Crippen molar-refractivity contribution >= 4 is 17.3 Å². The van der Waals surface area contributed by atoms with Crippen LogP contribution in [-0.4, -0.2) is 28.8 Å². The molecule has 6 nitrogen and oxygen atoms in total. The van der Waals surface area contributed by atoms with Crippen LogP contribution in [0.3, 0.4) is 0 Å². The Kier molecular flexibility index (Phi) is 4.22. The molecule has 1 amide bonds. The van der Waals surface area contributed by atoms with Gasteiger partial charge in [0.05, 0.1) is 10.5 Å². The minimum atomic E-state index is -0.515. The van der Waals surface area contributed by atoms with Gasteiger partial charge in [-0.1, -0.05) is 6.42 Å². The Bertz CT molecular complexity index is 526. The number of rotatable bonds is 5. The molecule has 2 rings (SSSR count). The molecule has 0 spiro atoms. The third-order valence-electron chi connectivity index (χ3n) is 3.85. The predicted octanol–water partition coefficient (Wildman–Crippen LogP) is 2.44. The van der Waals surface area contributed by atoms with Crippen LogP contribution in [0.15, 0.2) is 18.2 Å². The molecule has 0 bridgehead atoms. The predicted molar refractivity (Wildman–Crippen MR) is 76.4 cm³/mol. The summed E-state index contributed by atoms with van der Waals surface area (Å²) < 4.78 is 0. The number of benzene rings is 1. The van der Waals surface area contributed by atoms with Gasteiger partial charge in [0.15, 0.2) is 0 Å². The Morgan fingerprint density at radius 3 is 2.70 bits per heavy atom. The number of nitro groups is 1. The average molecular weight is 277 g/mol. The van der Waals surface area contributed by atoms with E-state index >= 15 is 0 Å². The zero-order valence-corrected chi connectivity index (χ0v) is 11.5. The minimum absolute atomic E-state index is 0.109. The normalized spacial score (nSPS) is 14.7. The van der Waals surface area contributed by atoms with Crippen LogP contribution in [0.1, 0.15) is 36.5 Å². The second-order valence-electron chi connectivity index (χ2n) is 5.17. The first-order valence-corrected chi connectivity index (χ1v) is 6.86. The Labute approximate surface area is 117 Å². The number of nitrogens with zero attached hydrogens (tertiary/aromatic N) is 2. The van der Waals surface area contributed by atoms with Crippen molar-refractivity contribution in [2.45, 2.75) is 26.2 Å². The Morgan fingerprint density at radius 1 is 1.50 bits per heavy atom. The molecule has 0 unspecified atom stereocenters. The molecule has 0 saturated heterocycles. The SMILES string of the molecule is CCN(CC1CCC1)C(=O)c1cc([N+](=O)[O-])ccc1N. The summed E-state index contributed by atoms with van der Waals surface area (Å²) in [5.74, 6) is 0.333. The highest BCUT2D eigenvalue weighted by Gasteiger charge is 2.25. The van der Waals surface area contributed by atoms with Crippen molar-refractivity contribution in [2.75, 3.05) is 18.8 Å². The van der Waals surface area contributed by atoms with Crippen LogP contribution in [-0.2, 0) is 0 Å². The number of non-ortho nitro benzene ring substituents is 1. The molecule has 0 aromatic heterocycles. The van der Waals surface area contributed by atoms with E-state index in [0.29, 0.717) is 19.0 Å². The number of carbonyl (C=O) groups excluding carboxylic acids is 1. The van der Waals surface area contributed by atoms with Crippen LogP contribution in [0.25, 0.3) is 0 Å². The highest BCUT2D eigenvalue weighted by atomic mass is 16.6. The molecule has 0 aliphatic heterocycles. The Hall–Kier alpha value is -2.11. The first-order valence-electron chi connectivity index (χ1n) is 6.86. The van der Waals surface area contributed by atoms with Gasteiger partial charge in [0.1, 0.15) is 0 Å². The maximum absolute atomic E-state index is 12.5. The molecule has 1 aliphatic carbocycles. The first-order chi connectivity index (χ1) is 9.52. The van der Waals surface area contributed by atoms with Gasteiger partial charge in [0, 0.05) is 30.9 Å². The lowest BCUT2D eigenvalue weighted by Crippen LogP contribution is -2.37. The second-order valence-corrected chi connectivity index (χ2v) is 5.17. The average Bonchev–Trinajstić information content (AvgIpc) is 2.37. The monoisotopic (exact) mass is 277 g/mol. The molecule has 1 aromatic carbocycles. The highest BCUT2D eigenvalue weighted by Crippen LogP contribution is 2.28. The van der Waals surface area contributed by atoms with Crippen LogP contribution < -0.4 is 5.73 Å². The van der Waals surface area contributed by atoms with Crippen molar-refractivity contribution in [1.29, 1.82) is 0 Å². The topological polar surface area (TPSA) is 89.5 Å². The van der Waals surface area contributed by atoms with Gasteiger partial charge in [0.2, 0.25) is 0 Å². The molecule has 0 heterocycles. The summed E-state index contributed by atoms with van der Waals surface area (Å²) in [6.07, 6.45) is 3.51. The number of nitro benzene ring substituents is 1. The van der Waals surface area contributed by atoms with Gasteiger partial charge in [0.25, 0.3) is 11.6 Å². The van der Waals surface area contributed by atoms with Gasteiger partial charge in [-0.2, -0.15) is 0 Å². The summed E-state index contributed by atoms with van der Waals surface area (Å²) in [4.78, 5) is 24.5. The van der Waals surface area contributed by atoms with Crippen molar-refractivity contribution in [3.8, 4) is 0 Å². The van der Waals surface area contributed by atoms with Gasteiger partial charge in [-0.05, 0) is 31.7 Å². The lowest BCUT2D eigenvalue weighted by atomic mass is 9.85. The summed E-state index contributed by atoms with van der Waals surface area (Å²) in [6.45, 7) is 3.19. The molecule has 6 heteroatoms. The van der Waals surface area contributed by atoms with Gasteiger partial charge in [-0.15, -0.1) is 0 Å². The fourth-order valence-electron chi connectivity index (χ4n) is 2.36. The van der Waals surface area contributed by atoms with Crippen molar-refractivity contribution < 1.29 is 9.72 Å². The van der Waals surface area contributed by atoms with Gasteiger partial charge < -0.3 is 10.6 Å². The fourth-order valence-corrected chi connectivity index (χ4v) is 2.36. The molecule has 1 aliphatic rings. The molecule has 0 radical (unpaired) electrons. The number of hydrogen-bond donors (Lipinski definition) is 1. The molecule has 0 atom stereocenters. The van der Waals surface area contributed by atoms with E-state index in [-0.39, 0.29) is 22.8 Å². The lowest BCUT2D eigenvalue weighted by molar-refractivity contribution is -0.384. The Morgan fingerprint density at radius 2 is 2.20 bits per heavy atom. The smallest absolute Gasteiger partial charge is 0.270 e. The number of hydrogen-bond acceptors (Lipinski definition) is 4. The summed E-state index contributed by atoms with van der Waals surface area (Å²) in [6, 6.07) is 4.00.